The van der Waals surface area contributed by atoms with Crippen molar-refractivity contribution in [2.45, 2.75) is 31.3 Å². The zero-order valence-electron chi connectivity index (χ0n) is 10.0. The van der Waals surface area contributed by atoms with Gasteiger partial charge in [-0.05, 0) is 50.1 Å². The molecule has 0 aromatic heterocycles. The first-order valence-electron chi connectivity index (χ1n) is 5.15. The molecule has 0 aliphatic carbocycles. The summed E-state index contributed by atoms with van der Waals surface area (Å²) in [5.41, 5.74) is -0.121. The van der Waals surface area contributed by atoms with Gasteiger partial charge in [-0.3, -0.25) is 0 Å². The smallest absolute Gasteiger partial charge is 0.452 e. The lowest BCUT2D eigenvalue weighted by atomic mass is 9.81. The number of ether oxygens (including phenoxy) is 1. The summed E-state index contributed by atoms with van der Waals surface area (Å²) in [6.45, 7) is 5.41. The molecule has 17 heavy (non-hydrogen) atoms. The van der Waals surface area contributed by atoms with Crippen LogP contribution in [0.1, 0.15) is 20.8 Å². The highest BCUT2D eigenvalue weighted by Crippen LogP contribution is 2.22. The second kappa shape index (κ2) is 5.57. The van der Waals surface area contributed by atoms with Gasteiger partial charge in [0.05, 0.1) is 0 Å². The topological polar surface area (TPSA) is 66.8 Å². The molecule has 2 N–H and O–H groups in total. The van der Waals surface area contributed by atoms with Gasteiger partial charge in [0.15, 0.2) is 0 Å². The van der Waals surface area contributed by atoms with Crippen LogP contribution < -0.4 is 5.46 Å². The third-order valence-corrected chi connectivity index (χ3v) is 2.53. The van der Waals surface area contributed by atoms with E-state index >= 15 is 0 Å². The summed E-state index contributed by atoms with van der Waals surface area (Å²) in [7, 11) is -1.49. The summed E-state index contributed by atoms with van der Waals surface area (Å²) in [4.78, 5) is 12.2. The fourth-order valence-electron chi connectivity index (χ4n) is 1.08. The molecule has 0 saturated carbocycles. The Morgan fingerprint density at radius 3 is 2.18 bits per heavy atom. The van der Waals surface area contributed by atoms with Gasteiger partial charge in [-0.1, -0.05) is 12.1 Å². The maximum atomic E-state index is 11.5. The number of thioether (sulfide) groups is 1. The molecule has 0 saturated heterocycles. The van der Waals surface area contributed by atoms with E-state index in [0.29, 0.717) is 10.4 Å². The number of rotatable bonds is 2. The van der Waals surface area contributed by atoms with Crippen molar-refractivity contribution in [3.63, 3.8) is 0 Å². The Kier molecular flexibility index (Phi) is 4.62. The van der Waals surface area contributed by atoms with Crippen LogP contribution in [-0.2, 0) is 4.74 Å². The van der Waals surface area contributed by atoms with E-state index in [1.807, 2.05) is 0 Å². The minimum Gasteiger partial charge on any atom is -0.452 e. The fraction of sp³-hybridized carbons (Fsp3) is 0.364. The first-order chi connectivity index (χ1) is 7.78. The largest absolute Gasteiger partial charge is 0.488 e. The van der Waals surface area contributed by atoms with Crippen molar-refractivity contribution in [3.05, 3.63) is 24.3 Å². The highest BCUT2D eigenvalue weighted by Gasteiger charge is 2.17. The Bertz CT molecular complexity index is 383. The van der Waals surface area contributed by atoms with Gasteiger partial charge in [-0.2, -0.15) is 0 Å². The third-order valence-electron chi connectivity index (χ3n) is 1.77. The van der Waals surface area contributed by atoms with Gasteiger partial charge in [-0.25, -0.2) is 4.79 Å². The van der Waals surface area contributed by atoms with Crippen LogP contribution in [-0.4, -0.2) is 28.1 Å². The summed E-state index contributed by atoms with van der Waals surface area (Å²) in [5.74, 6) is 0. The molecule has 1 aromatic rings. The first kappa shape index (κ1) is 14.1. The van der Waals surface area contributed by atoms with Crippen molar-refractivity contribution >= 4 is 29.6 Å². The number of carbonyl (C=O) groups excluding carboxylic acids is 1. The van der Waals surface area contributed by atoms with E-state index < -0.39 is 12.7 Å². The molecule has 6 heteroatoms. The highest BCUT2D eigenvalue weighted by molar-refractivity contribution is 8.13. The van der Waals surface area contributed by atoms with E-state index in [4.69, 9.17) is 14.8 Å². The van der Waals surface area contributed by atoms with Crippen molar-refractivity contribution in [2.24, 2.45) is 0 Å². The van der Waals surface area contributed by atoms with Crippen molar-refractivity contribution in [1.29, 1.82) is 0 Å². The van der Waals surface area contributed by atoms with E-state index in [0.717, 1.165) is 11.8 Å². The molecule has 0 heterocycles. The molecule has 0 aliphatic heterocycles. The van der Waals surface area contributed by atoms with Crippen molar-refractivity contribution in [1.82, 2.24) is 0 Å². The lowest BCUT2D eigenvalue weighted by Gasteiger charge is -2.18. The summed E-state index contributed by atoms with van der Waals surface area (Å²) in [6.07, 6.45) is 0. The van der Waals surface area contributed by atoms with Gasteiger partial charge in [0.1, 0.15) is 5.60 Å². The lowest BCUT2D eigenvalue weighted by Crippen LogP contribution is -2.29. The zero-order valence-corrected chi connectivity index (χ0v) is 10.8. The van der Waals surface area contributed by atoms with Crippen LogP contribution in [0.15, 0.2) is 29.2 Å². The Hall–Kier alpha value is -0.975. The number of hydrogen-bond donors (Lipinski definition) is 2. The summed E-state index contributed by atoms with van der Waals surface area (Å²) in [5, 5.41) is 17.4. The minimum absolute atomic E-state index is 0.380. The van der Waals surface area contributed by atoms with Crippen LogP contribution in [0.2, 0.25) is 0 Å². The second-order valence-corrected chi connectivity index (χ2v) is 5.52. The quantitative estimate of drug-likeness (QED) is 0.474. The third kappa shape index (κ3) is 5.25. The first-order valence-corrected chi connectivity index (χ1v) is 5.96. The predicted octanol–water partition coefficient (Wildman–Crippen LogP) is 1.39. The highest BCUT2D eigenvalue weighted by atomic mass is 32.2. The lowest BCUT2D eigenvalue weighted by molar-refractivity contribution is 0.0738. The fourth-order valence-corrected chi connectivity index (χ4v) is 1.83. The van der Waals surface area contributed by atoms with Crippen LogP contribution in [0, 0.1) is 0 Å². The van der Waals surface area contributed by atoms with E-state index in [1.54, 1.807) is 45.0 Å². The van der Waals surface area contributed by atoms with Gasteiger partial charge in [-0.15, -0.1) is 0 Å². The summed E-state index contributed by atoms with van der Waals surface area (Å²) < 4.78 is 5.14. The maximum absolute atomic E-state index is 11.5. The molecular formula is C11H15BO4S. The second-order valence-electron chi connectivity index (χ2n) is 4.51. The SMILES string of the molecule is CC(C)(C)OC(=O)Sc1ccc(B(O)O)cc1. The van der Waals surface area contributed by atoms with Crippen molar-refractivity contribution in [3.8, 4) is 0 Å². The van der Waals surface area contributed by atoms with E-state index in [2.05, 4.69) is 0 Å². The Morgan fingerprint density at radius 1 is 1.24 bits per heavy atom. The molecule has 0 aliphatic rings. The van der Waals surface area contributed by atoms with Crippen LogP contribution >= 0.6 is 11.8 Å². The average Bonchev–Trinajstić information content (AvgIpc) is 2.15. The molecule has 0 radical (unpaired) electrons. The van der Waals surface area contributed by atoms with Gasteiger partial charge < -0.3 is 14.8 Å². The van der Waals surface area contributed by atoms with Crippen molar-refractivity contribution < 1.29 is 19.6 Å². The Morgan fingerprint density at radius 2 is 1.76 bits per heavy atom. The molecule has 1 rings (SSSR count). The number of hydrogen-bond acceptors (Lipinski definition) is 5. The van der Waals surface area contributed by atoms with Crippen LogP contribution in [0.3, 0.4) is 0 Å². The van der Waals surface area contributed by atoms with Crippen LogP contribution in [0.5, 0.6) is 0 Å². The molecule has 1 aromatic carbocycles. The van der Waals surface area contributed by atoms with Gasteiger partial charge >= 0.3 is 12.4 Å². The molecular weight excluding hydrogens is 239 g/mol. The molecule has 4 nitrogen and oxygen atoms in total. The van der Waals surface area contributed by atoms with Gasteiger partial charge in [0, 0.05) is 4.90 Å². The van der Waals surface area contributed by atoms with E-state index in [9.17, 15) is 4.79 Å². The molecule has 0 amide bonds. The summed E-state index contributed by atoms with van der Waals surface area (Å²) in [6, 6.07) is 6.39. The van der Waals surface area contributed by atoms with Crippen LogP contribution in [0.4, 0.5) is 4.79 Å². The number of carbonyl (C=O) groups is 1. The van der Waals surface area contributed by atoms with Gasteiger partial charge in [0.2, 0.25) is 0 Å². The predicted molar refractivity (Wildman–Crippen MR) is 68.4 cm³/mol. The normalized spacial score (nSPS) is 11.1. The standard InChI is InChI=1S/C11H15BO4S/c1-11(2,3)16-10(13)17-9-6-4-8(5-7-9)12(14)15/h4-7,14-15H,1-3H3. The zero-order chi connectivity index (χ0) is 13.1. The van der Waals surface area contributed by atoms with E-state index in [1.165, 1.54) is 0 Å². The average molecular weight is 254 g/mol. The molecule has 0 bridgehead atoms. The summed E-state index contributed by atoms with van der Waals surface area (Å²) >= 11 is 0.966. The molecule has 0 unspecified atom stereocenters. The Labute approximate surface area is 105 Å². The molecule has 92 valence electrons. The van der Waals surface area contributed by atoms with Gasteiger partial charge in [0.25, 0.3) is 0 Å². The van der Waals surface area contributed by atoms with Crippen molar-refractivity contribution in [2.75, 3.05) is 0 Å². The minimum atomic E-state index is -1.49. The van der Waals surface area contributed by atoms with Crippen LogP contribution in [0.25, 0.3) is 0 Å². The Balaban J connectivity index is 2.61. The monoisotopic (exact) mass is 254 g/mol. The molecule has 0 spiro atoms. The number of benzene rings is 1. The molecule has 0 atom stereocenters. The molecule has 0 fully saturated rings. The maximum Gasteiger partial charge on any atom is 0.488 e. The van der Waals surface area contributed by atoms with E-state index in [-0.39, 0.29) is 5.30 Å².